The summed E-state index contributed by atoms with van der Waals surface area (Å²) in [5.41, 5.74) is 1.99. The van der Waals surface area contributed by atoms with Crippen molar-refractivity contribution in [1.29, 1.82) is 0 Å². The smallest absolute Gasteiger partial charge is 0.266 e. The molecule has 1 aromatic carbocycles. The summed E-state index contributed by atoms with van der Waals surface area (Å²) in [6.07, 6.45) is -0.0381. The maximum atomic E-state index is 13.1. The highest BCUT2D eigenvalue weighted by Crippen LogP contribution is 2.33. The number of alkyl halides is 3. The lowest BCUT2D eigenvalue weighted by Gasteiger charge is -2.20. The molecule has 0 bridgehead atoms. The van der Waals surface area contributed by atoms with Crippen LogP contribution in [0, 0.1) is 0 Å². The second kappa shape index (κ2) is 4.08. The van der Waals surface area contributed by atoms with Crippen molar-refractivity contribution in [2.45, 2.75) is 17.7 Å². The van der Waals surface area contributed by atoms with Gasteiger partial charge in [-0.25, -0.2) is 8.78 Å². The molecule has 0 unspecified atom stereocenters. The van der Waals surface area contributed by atoms with Crippen LogP contribution in [0.1, 0.15) is 12.0 Å². The summed E-state index contributed by atoms with van der Waals surface area (Å²) in [7, 11) is 0. The summed E-state index contributed by atoms with van der Waals surface area (Å²) < 4.78 is 26.1. The van der Waals surface area contributed by atoms with Crippen molar-refractivity contribution in [3.05, 3.63) is 29.8 Å². The number of benzene rings is 1. The van der Waals surface area contributed by atoms with Crippen LogP contribution in [0.25, 0.3) is 0 Å². The summed E-state index contributed by atoms with van der Waals surface area (Å²) in [6.45, 7) is 0.286. The molecule has 0 radical (unpaired) electrons. The highest BCUT2D eigenvalue weighted by molar-refractivity contribution is 9.08. The zero-order valence-corrected chi connectivity index (χ0v) is 9.80. The SMILES string of the molecule is FC1(F)CCN(c2ccccc2CBr)C1. The van der Waals surface area contributed by atoms with Crippen LogP contribution >= 0.6 is 15.9 Å². The van der Waals surface area contributed by atoms with Gasteiger partial charge < -0.3 is 4.90 Å². The van der Waals surface area contributed by atoms with Gasteiger partial charge in [0.05, 0.1) is 6.54 Å². The molecule has 0 spiro atoms. The summed E-state index contributed by atoms with van der Waals surface area (Å²) in [5, 5.41) is 0.700. The lowest BCUT2D eigenvalue weighted by Crippen LogP contribution is -2.25. The molecule has 2 rings (SSSR count). The van der Waals surface area contributed by atoms with Crippen molar-refractivity contribution in [3.8, 4) is 0 Å². The molecule has 0 aliphatic carbocycles. The Balaban J connectivity index is 2.23. The van der Waals surface area contributed by atoms with E-state index in [4.69, 9.17) is 0 Å². The summed E-state index contributed by atoms with van der Waals surface area (Å²) in [5.74, 6) is -2.53. The van der Waals surface area contributed by atoms with Crippen LogP contribution in [-0.2, 0) is 5.33 Å². The number of hydrogen-bond donors (Lipinski definition) is 0. The summed E-state index contributed by atoms with van der Waals surface area (Å²) in [6, 6.07) is 7.67. The zero-order chi connectivity index (χ0) is 10.9. The van der Waals surface area contributed by atoms with Gasteiger partial charge in [-0.3, -0.25) is 0 Å². The van der Waals surface area contributed by atoms with Crippen LogP contribution in [0.5, 0.6) is 0 Å². The first-order valence-corrected chi connectivity index (χ1v) is 6.01. The number of halogens is 3. The molecule has 1 aromatic rings. The monoisotopic (exact) mass is 275 g/mol. The van der Waals surface area contributed by atoms with E-state index in [-0.39, 0.29) is 13.0 Å². The molecule has 0 atom stereocenters. The normalized spacial score (nSPS) is 19.5. The molecular formula is C11H12BrF2N. The topological polar surface area (TPSA) is 3.24 Å². The molecule has 1 heterocycles. The van der Waals surface area contributed by atoms with Crippen LogP contribution < -0.4 is 4.90 Å². The van der Waals surface area contributed by atoms with Crippen molar-refractivity contribution in [2.24, 2.45) is 0 Å². The van der Waals surface area contributed by atoms with Crippen molar-refractivity contribution in [1.82, 2.24) is 0 Å². The maximum Gasteiger partial charge on any atom is 0.266 e. The van der Waals surface area contributed by atoms with Crippen LogP contribution in [0.15, 0.2) is 24.3 Å². The highest BCUT2D eigenvalue weighted by atomic mass is 79.9. The first-order valence-electron chi connectivity index (χ1n) is 4.89. The van der Waals surface area contributed by atoms with Crippen molar-refractivity contribution in [3.63, 3.8) is 0 Å². The fraction of sp³-hybridized carbons (Fsp3) is 0.455. The first-order chi connectivity index (χ1) is 7.12. The number of anilines is 1. The third-order valence-electron chi connectivity index (χ3n) is 2.65. The number of hydrogen-bond acceptors (Lipinski definition) is 1. The molecule has 1 aliphatic rings. The van der Waals surface area contributed by atoms with Crippen LogP contribution in [-0.4, -0.2) is 19.0 Å². The van der Waals surface area contributed by atoms with Gasteiger partial charge in [0.2, 0.25) is 0 Å². The van der Waals surface area contributed by atoms with Gasteiger partial charge in [-0.05, 0) is 11.6 Å². The third-order valence-corrected chi connectivity index (χ3v) is 3.25. The molecular weight excluding hydrogens is 264 g/mol. The molecule has 1 fully saturated rings. The molecule has 82 valence electrons. The molecule has 0 amide bonds. The Labute approximate surface area is 96.2 Å². The molecule has 0 aromatic heterocycles. The van der Waals surface area contributed by atoms with E-state index in [0.29, 0.717) is 11.9 Å². The summed E-state index contributed by atoms with van der Waals surface area (Å²) >= 11 is 3.37. The maximum absolute atomic E-state index is 13.1. The molecule has 0 saturated carbocycles. The minimum atomic E-state index is -2.53. The van der Waals surface area contributed by atoms with E-state index in [1.165, 1.54) is 0 Å². The zero-order valence-electron chi connectivity index (χ0n) is 8.22. The Kier molecular flexibility index (Phi) is 2.96. The first kappa shape index (κ1) is 10.9. The molecule has 0 N–H and O–H groups in total. The van der Waals surface area contributed by atoms with Crippen LogP contribution in [0.4, 0.5) is 14.5 Å². The van der Waals surface area contributed by atoms with E-state index in [0.717, 1.165) is 11.3 Å². The van der Waals surface area contributed by atoms with Gasteiger partial charge in [0.1, 0.15) is 0 Å². The largest absolute Gasteiger partial charge is 0.365 e. The average Bonchev–Trinajstić information content (AvgIpc) is 2.59. The Hall–Kier alpha value is -0.640. The minimum absolute atomic E-state index is 0.0381. The predicted octanol–water partition coefficient (Wildman–Crippen LogP) is 3.43. The van der Waals surface area contributed by atoms with Gasteiger partial charge in [0, 0.05) is 24.0 Å². The lowest BCUT2D eigenvalue weighted by molar-refractivity contribution is 0.0257. The molecule has 15 heavy (non-hydrogen) atoms. The quantitative estimate of drug-likeness (QED) is 0.748. The minimum Gasteiger partial charge on any atom is -0.365 e. The number of nitrogens with zero attached hydrogens (tertiary/aromatic N) is 1. The van der Waals surface area contributed by atoms with E-state index in [1.54, 1.807) is 4.90 Å². The Morgan fingerprint density at radius 3 is 2.67 bits per heavy atom. The lowest BCUT2D eigenvalue weighted by atomic mass is 10.2. The van der Waals surface area contributed by atoms with Crippen molar-refractivity contribution < 1.29 is 8.78 Å². The number of para-hydroxylation sites is 1. The fourth-order valence-electron chi connectivity index (χ4n) is 1.87. The Bertz CT molecular complexity index is 354. The third kappa shape index (κ3) is 2.30. The van der Waals surface area contributed by atoms with Gasteiger partial charge in [0.15, 0.2) is 0 Å². The molecule has 1 nitrogen and oxygen atoms in total. The van der Waals surface area contributed by atoms with Gasteiger partial charge in [-0.15, -0.1) is 0 Å². The fourth-order valence-corrected chi connectivity index (χ4v) is 2.35. The predicted molar refractivity (Wildman–Crippen MR) is 60.9 cm³/mol. The standard InChI is InChI=1S/C11H12BrF2N/c12-7-9-3-1-2-4-10(9)15-6-5-11(13,14)8-15/h1-4H,5-8H2. The van der Waals surface area contributed by atoms with Gasteiger partial charge in [-0.2, -0.15) is 0 Å². The van der Waals surface area contributed by atoms with Crippen molar-refractivity contribution >= 4 is 21.6 Å². The molecule has 1 aliphatic heterocycles. The van der Waals surface area contributed by atoms with E-state index in [9.17, 15) is 8.78 Å². The van der Waals surface area contributed by atoms with E-state index < -0.39 is 5.92 Å². The van der Waals surface area contributed by atoms with E-state index >= 15 is 0 Å². The number of rotatable bonds is 2. The highest BCUT2D eigenvalue weighted by Gasteiger charge is 2.38. The molecule has 1 saturated heterocycles. The Morgan fingerprint density at radius 2 is 2.07 bits per heavy atom. The summed E-state index contributed by atoms with van der Waals surface area (Å²) in [4.78, 5) is 1.76. The second-order valence-electron chi connectivity index (χ2n) is 3.79. The van der Waals surface area contributed by atoms with Crippen LogP contribution in [0.3, 0.4) is 0 Å². The van der Waals surface area contributed by atoms with E-state index in [1.807, 2.05) is 24.3 Å². The average molecular weight is 276 g/mol. The van der Waals surface area contributed by atoms with Crippen molar-refractivity contribution in [2.75, 3.05) is 18.0 Å². The molecule has 4 heteroatoms. The van der Waals surface area contributed by atoms with Gasteiger partial charge in [-0.1, -0.05) is 34.1 Å². The Morgan fingerprint density at radius 1 is 1.33 bits per heavy atom. The van der Waals surface area contributed by atoms with Crippen LogP contribution in [0.2, 0.25) is 0 Å². The van der Waals surface area contributed by atoms with Gasteiger partial charge in [0.25, 0.3) is 5.92 Å². The van der Waals surface area contributed by atoms with E-state index in [2.05, 4.69) is 15.9 Å². The second-order valence-corrected chi connectivity index (χ2v) is 4.35. The van der Waals surface area contributed by atoms with Gasteiger partial charge >= 0.3 is 0 Å².